The lowest BCUT2D eigenvalue weighted by molar-refractivity contribution is -0.137. The number of aliphatic hydroxyl groups is 1. The Morgan fingerprint density at radius 2 is 1.67 bits per heavy atom. The number of benzene rings is 2. The molecule has 1 aliphatic rings. The van der Waals surface area contributed by atoms with Crippen molar-refractivity contribution in [3.63, 3.8) is 0 Å². The molecule has 0 fully saturated rings. The van der Waals surface area contributed by atoms with Gasteiger partial charge in [-0.1, -0.05) is 62.4 Å². The second kappa shape index (κ2) is 14.7. The highest BCUT2D eigenvalue weighted by molar-refractivity contribution is 5.99. The first-order valence-electron chi connectivity index (χ1n) is 14.0. The SMILES string of the molecule is CCC(CC)N1CCn2c(C(=O)N[C@@H](Cc3ccccc3)[C@H](O)CNCc3cccc(C(F)(F)F)c3)ccc2C1=O.Cl. The standard InChI is InChI=1S/C31H37F3N4O3.ClH/c1-3-24(4-2)37-15-16-38-26(13-14-27(38)30(37)41)29(40)36-25(18-21-9-6-5-7-10-21)28(39)20-35-19-22-11-8-12-23(17-22)31(32,33)34;/h5-14,17,24-25,28,35,39H,3-4,15-16,18-20H2,1-2H3,(H,36,40);1H/t25-,28+;/m0./s1. The first-order chi connectivity index (χ1) is 19.6. The largest absolute Gasteiger partial charge is 0.416 e. The highest BCUT2D eigenvalue weighted by atomic mass is 35.5. The predicted octanol–water partition coefficient (Wildman–Crippen LogP) is 5.06. The van der Waals surface area contributed by atoms with Crippen LogP contribution < -0.4 is 10.6 Å². The third kappa shape index (κ3) is 7.93. The number of fused-ring (bicyclic) bond motifs is 1. The van der Waals surface area contributed by atoms with Gasteiger partial charge in [0, 0.05) is 32.2 Å². The van der Waals surface area contributed by atoms with Crippen LogP contribution in [0.5, 0.6) is 0 Å². The lowest BCUT2D eigenvalue weighted by atomic mass is 10.0. The summed E-state index contributed by atoms with van der Waals surface area (Å²) < 4.78 is 40.9. The van der Waals surface area contributed by atoms with Gasteiger partial charge in [-0.05, 0) is 48.6 Å². The molecular weight excluding hydrogens is 569 g/mol. The van der Waals surface area contributed by atoms with Gasteiger partial charge in [0.05, 0.1) is 17.7 Å². The maximum Gasteiger partial charge on any atom is 0.416 e. The number of hydrogen-bond acceptors (Lipinski definition) is 4. The predicted molar refractivity (Wildman–Crippen MR) is 158 cm³/mol. The fourth-order valence-electron chi connectivity index (χ4n) is 5.39. The quantitative estimate of drug-likeness (QED) is 0.269. The number of hydrogen-bond donors (Lipinski definition) is 3. The maximum absolute atomic E-state index is 13.4. The molecule has 1 aromatic heterocycles. The summed E-state index contributed by atoms with van der Waals surface area (Å²) in [5.41, 5.74) is 1.42. The van der Waals surface area contributed by atoms with Gasteiger partial charge in [0.25, 0.3) is 11.8 Å². The van der Waals surface area contributed by atoms with Crippen molar-refractivity contribution in [1.82, 2.24) is 20.1 Å². The number of nitrogens with one attached hydrogen (secondary N) is 2. The molecule has 0 saturated carbocycles. The molecule has 0 saturated heterocycles. The van der Waals surface area contributed by atoms with E-state index in [1.54, 1.807) is 22.8 Å². The summed E-state index contributed by atoms with van der Waals surface area (Å²) in [4.78, 5) is 28.5. The zero-order valence-electron chi connectivity index (χ0n) is 23.7. The van der Waals surface area contributed by atoms with Crippen LogP contribution in [0.15, 0.2) is 66.7 Å². The van der Waals surface area contributed by atoms with Crippen molar-refractivity contribution >= 4 is 24.2 Å². The number of alkyl halides is 3. The molecule has 2 atom stereocenters. The molecule has 0 aliphatic carbocycles. The summed E-state index contributed by atoms with van der Waals surface area (Å²) in [6.45, 7) is 5.29. The van der Waals surface area contributed by atoms with Gasteiger partial charge in [-0.3, -0.25) is 9.59 Å². The average Bonchev–Trinajstić information content (AvgIpc) is 3.40. The minimum absolute atomic E-state index is 0. The molecule has 2 amide bonds. The van der Waals surface area contributed by atoms with E-state index in [1.807, 2.05) is 35.2 Å². The molecule has 42 heavy (non-hydrogen) atoms. The van der Waals surface area contributed by atoms with E-state index in [-0.39, 0.29) is 37.4 Å². The first-order valence-corrected chi connectivity index (χ1v) is 14.0. The Morgan fingerprint density at radius 1 is 0.976 bits per heavy atom. The molecule has 0 spiro atoms. The molecule has 11 heteroatoms. The molecule has 2 aromatic carbocycles. The highest BCUT2D eigenvalue weighted by Crippen LogP contribution is 2.29. The minimum atomic E-state index is -4.44. The topological polar surface area (TPSA) is 86.6 Å². The zero-order valence-corrected chi connectivity index (χ0v) is 24.5. The van der Waals surface area contributed by atoms with Crippen LogP contribution in [0.4, 0.5) is 13.2 Å². The monoisotopic (exact) mass is 606 g/mol. The summed E-state index contributed by atoms with van der Waals surface area (Å²) in [5, 5.41) is 17.0. The summed E-state index contributed by atoms with van der Waals surface area (Å²) in [5.74, 6) is -0.499. The molecule has 4 rings (SSSR count). The lowest BCUT2D eigenvalue weighted by Gasteiger charge is -2.35. The molecule has 7 nitrogen and oxygen atoms in total. The van der Waals surface area contributed by atoms with Gasteiger partial charge in [-0.2, -0.15) is 13.2 Å². The number of carbonyl (C=O) groups is 2. The molecular formula is C31H38ClF3N4O3. The number of nitrogens with zero attached hydrogens (tertiary/aromatic N) is 2. The fourth-order valence-corrected chi connectivity index (χ4v) is 5.39. The van der Waals surface area contributed by atoms with Crippen LogP contribution in [0.2, 0.25) is 0 Å². The second-order valence-electron chi connectivity index (χ2n) is 10.4. The van der Waals surface area contributed by atoms with Crippen LogP contribution in [0.3, 0.4) is 0 Å². The van der Waals surface area contributed by atoms with E-state index in [2.05, 4.69) is 24.5 Å². The number of aliphatic hydroxyl groups excluding tert-OH is 1. The van der Waals surface area contributed by atoms with Gasteiger partial charge < -0.3 is 25.2 Å². The second-order valence-corrected chi connectivity index (χ2v) is 10.4. The van der Waals surface area contributed by atoms with E-state index in [4.69, 9.17) is 0 Å². The molecule has 0 unspecified atom stereocenters. The van der Waals surface area contributed by atoms with Crippen molar-refractivity contribution < 1.29 is 27.9 Å². The van der Waals surface area contributed by atoms with Gasteiger partial charge in [0.15, 0.2) is 0 Å². The Kier molecular flexibility index (Phi) is 11.6. The number of aromatic nitrogens is 1. The van der Waals surface area contributed by atoms with Crippen LogP contribution in [-0.2, 0) is 25.7 Å². The smallest absolute Gasteiger partial charge is 0.390 e. The molecule has 0 bridgehead atoms. The molecule has 228 valence electrons. The number of carbonyl (C=O) groups excluding carboxylic acids is 2. The van der Waals surface area contributed by atoms with Gasteiger partial charge in [0.1, 0.15) is 11.4 Å². The van der Waals surface area contributed by atoms with Gasteiger partial charge >= 0.3 is 6.18 Å². The van der Waals surface area contributed by atoms with Crippen LogP contribution in [0.1, 0.15) is 64.4 Å². The van der Waals surface area contributed by atoms with Gasteiger partial charge in [-0.25, -0.2) is 0 Å². The molecule has 1 aliphatic heterocycles. The van der Waals surface area contributed by atoms with E-state index in [0.717, 1.165) is 30.5 Å². The van der Waals surface area contributed by atoms with Crippen LogP contribution in [0.25, 0.3) is 0 Å². The molecule has 2 heterocycles. The van der Waals surface area contributed by atoms with E-state index < -0.39 is 29.8 Å². The normalized spacial score (nSPS) is 14.7. The number of halogens is 4. The summed E-state index contributed by atoms with van der Waals surface area (Å²) in [6.07, 6.45) is -3.41. The number of rotatable bonds is 12. The Hall–Kier alpha value is -3.34. The van der Waals surface area contributed by atoms with E-state index in [9.17, 15) is 27.9 Å². The van der Waals surface area contributed by atoms with E-state index in [1.165, 1.54) is 6.07 Å². The van der Waals surface area contributed by atoms with Gasteiger partial charge in [0.2, 0.25) is 0 Å². The van der Waals surface area contributed by atoms with Crippen molar-refractivity contribution in [2.45, 2.75) is 70.6 Å². The van der Waals surface area contributed by atoms with E-state index >= 15 is 0 Å². The summed E-state index contributed by atoms with van der Waals surface area (Å²) >= 11 is 0. The summed E-state index contributed by atoms with van der Waals surface area (Å²) in [7, 11) is 0. The molecule has 0 radical (unpaired) electrons. The highest BCUT2D eigenvalue weighted by Gasteiger charge is 2.32. The van der Waals surface area contributed by atoms with Gasteiger partial charge in [-0.15, -0.1) is 12.4 Å². The fraction of sp³-hybridized carbons (Fsp3) is 0.419. The summed E-state index contributed by atoms with van der Waals surface area (Å²) in [6, 6.07) is 17.2. The third-order valence-electron chi connectivity index (χ3n) is 7.66. The molecule has 3 aromatic rings. The third-order valence-corrected chi connectivity index (χ3v) is 7.66. The first kappa shape index (κ1) is 33.2. The van der Waals surface area contributed by atoms with Crippen molar-refractivity contribution in [3.8, 4) is 0 Å². The minimum Gasteiger partial charge on any atom is -0.390 e. The van der Waals surface area contributed by atoms with Crippen LogP contribution >= 0.6 is 12.4 Å². The van der Waals surface area contributed by atoms with E-state index in [0.29, 0.717) is 36.5 Å². The Labute approximate surface area is 250 Å². The Balaban J connectivity index is 0.00000484. The number of amides is 2. The zero-order chi connectivity index (χ0) is 29.6. The Bertz CT molecular complexity index is 1330. The van der Waals surface area contributed by atoms with Crippen molar-refractivity contribution in [3.05, 3.63) is 94.8 Å². The average molecular weight is 607 g/mol. The Morgan fingerprint density at radius 3 is 2.33 bits per heavy atom. The van der Waals surface area contributed by atoms with Crippen LogP contribution in [0, 0.1) is 0 Å². The maximum atomic E-state index is 13.4. The lowest BCUT2D eigenvalue weighted by Crippen LogP contribution is -2.50. The van der Waals surface area contributed by atoms with Crippen molar-refractivity contribution in [2.75, 3.05) is 13.1 Å². The van der Waals surface area contributed by atoms with Crippen molar-refractivity contribution in [2.24, 2.45) is 0 Å². The van der Waals surface area contributed by atoms with Crippen molar-refractivity contribution in [1.29, 1.82) is 0 Å². The van der Waals surface area contributed by atoms with Crippen LogP contribution in [-0.4, -0.2) is 57.7 Å². The molecule has 3 N–H and O–H groups in total.